The molecule has 0 radical (unpaired) electrons. The lowest BCUT2D eigenvalue weighted by Crippen LogP contribution is -2.42. The van der Waals surface area contributed by atoms with E-state index in [0.29, 0.717) is 25.2 Å². The molecule has 0 saturated carbocycles. The van der Waals surface area contributed by atoms with Crippen molar-refractivity contribution in [1.29, 1.82) is 0 Å². The molecule has 0 aliphatic carbocycles. The predicted octanol–water partition coefficient (Wildman–Crippen LogP) is 5.90. The summed E-state index contributed by atoms with van der Waals surface area (Å²) in [5.41, 5.74) is 1.66. The molecular formula is C25H27BrN2O2S. The van der Waals surface area contributed by atoms with E-state index in [9.17, 15) is 9.59 Å². The largest absolute Gasteiger partial charge is 0.332 e. The van der Waals surface area contributed by atoms with Gasteiger partial charge in [-0.25, -0.2) is 0 Å². The second-order valence-corrected chi connectivity index (χ2v) is 9.77. The number of halogens is 1. The fourth-order valence-electron chi connectivity index (χ4n) is 3.38. The van der Waals surface area contributed by atoms with Crippen molar-refractivity contribution in [3.8, 4) is 0 Å². The molecule has 2 amide bonds. The molecule has 1 heterocycles. The molecule has 4 nitrogen and oxygen atoms in total. The first-order chi connectivity index (χ1) is 15.0. The van der Waals surface area contributed by atoms with Crippen LogP contribution in [0.2, 0.25) is 0 Å². The maximum Gasteiger partial charge on any atom is 0.254 e. The molecule has 0 unspecified atom stereocenters. The molecule has 3 rings (SSSR count). The average molecular weight is 499 g/mol. The van der Waals surface area contributed by atoms with Gasteiger partial charge >= 0.3 is 0 Å². The highest BCUT2D eigenvalue weighted by Gasteiger charge is 2.23. The van der Waals surface area contributed by atoms with Crippen LogP contribution < -0.4 is 0 Å². The minimum absolute atomic E-state index is 0.0493. The molecule has 31 heavy (non-hydrogen) atoms. The summed E-state index contributed by atoms with van der Waals surface area (Å²) in [4.78, 5) is 32.3. The van der Waals surface area contributed by atoms with E-state index in [0.717, 1.165) is 21.3 Å². The Bertz CT molecular complexity index is 1020. The third-order valence-electron chi connectivity index (χ3n) is 4.89. The molecule has 0 aliphatic rings. The van der Waals surface area contributed by atoms with E-state index >= 15 is 0 Å². The standard InChI is InChI=1S/C25H27BrN2O2S/c1-3-14-27(25(30)21-10-7-11-22(26)15-21)18-24(29)28(16-20-8-5-4-6-9-20)17-23-13-12-19(2)31-23/h4-13,15H,3,14,16-18H2,1-2H3. The Morgan fingerprint density at radius 3 is 2.35 bits per heavy atom. The number of aryl methyl sites for hydroxylation is 1. The van der Waals surface area contributed by atoms with Gasteiger partial charge in [0.25, 0.3) is 5.91 Å². The minimum atomic E-state index is -0.122. The Labute approximate surface area is 196 Å². The SMILES string of the molecule is CCCN(CC(=O)N(Cc1ccccc1)Cc1ccc(C)s1)C(=O)c1cccc(Br)c1. The quantitative estimate of drug-likeness (QED) is 0.368. The van der Waals surface area contributed by atoms with Crippen molar-refractivity contribution in [2.45, 2.75) is 33.4 Å². The summed E-state index contributed by atoms with van der Waals surface area (Å²) in [5.74, 6) is -0.171. The van der Waals surface area contributed by atoms with Crippen molar-refractivity contribution < 1.29 is 9.59 Å². The summed E-state index contributed by atoms with van der Waals surface area (Å²) in [6.07, 6.45) is 0.788. The van der Waals surface area contributed by atoms with Gasteiger partial charge in [-0.1, -0.05) is 59.3 Å². The monoisotopic (exact) mass is 498 g/mol. The van der Waals surface area contributed by atoms with Crippen LogP contribution in [0.3, 0.4) is 0 Å². The third-order valence-corrected chi connectivity index (χ3v) is 6.37. The summed E-state index contributed by atoms with van der Waals surface area (Å²) in [7, 11) is 0. The van der Waals surface area contributed by atoms with Gasteiger partial charge in [0.1, 0.15) is 6.54 Å². The van der Waals surface area contributed by atoms with Crippen molar-refractivity contribution in [1.82, 2.24) is 9.80 Å². The molecule has 0 bridgehead atoms. The van der Waals surface area contributed by atoms with Gasteiger partial charge in [-0.3, -0.25) is 9.59 Å². The highest BCUT2D eigenvalue weighted by molar-refractivity contribution is 9.10. The number of nitrogens with zero attached hydrogens (tertiary/aromatic N) is 2. The lowest BCUT2D eigenvalue weighted by Gasteiger charge is -2.27. The summed E-state index contributed by atoms with van der Waals surface area (Å²) < 4.78 is 0.847. The highest BCUT2D eigenvalue weighted by atomic mass is 79.9. The molecule has 0 N–H and O–H groups in total. The second-order valence-electron chi connectivity index (χ2n) is 7.48. The van der Waals surface area contributed by atoms with E-state index in [1.165, 1.54) is 4.88 Å². The number of rotatable bonds is 9. The van der Waals surface area contributed by atoms with Crippen LogP contribution in [-0.4, -0.2) is 34.7 Å². The van der Waals surface area contributed by atoms with Gasteiger partial charge in [0.2, 0.25) is 5.91 Å². The smallest absolute Gasteiger partial charge is 0.254 e. The molecule has 2 aromatic carbocycles. The van der Waals surface area contributed by atoms with Gasteiger partial charge in [0.05, 0.1) is 6.54 Å². The van der Waals surface area contributed by atoms with Gasteiger partial charge < -0.3 is 9.80 Å². The average Bonchev–Trinajstić information content (AvgIpc) is 3.17. The minimum Gasteiger partial charge on any atom is -0.332 e. The maximum atomic E-state index is 13.4. The number of benzene rings is 2. The number of amides is 2. The highest BCUT2D eigenvalue weighted by Crippen LogP contribution is 2.20. The van der Waals surface area contributed by atoms with Crippen LogP contribution in [0.15, 0.2) is 71.2 Å². The molecule has 0 saturated heterocycles. The van der Waals surface area contributed by atoms with Crippen molar-refractivity contribution >= 4 is 39.1 Å². The predicted molar refractivity (Wildman–Crippen MR) is 130 cm³/mol. The van der Waals surface area contributed by atoms with Crippen LogP contribution in [0.4, 0.5) is 0 Å². The first kappa shape index (κ1) is 23.2. The van der Waals surface area contributed by atoms with Crippen LogP contribution in [0.5, 0.6) is 0 Å². The van der Waals surface area contributed by atoms with Crippen LogP contribution in [0.1, 0.15) is 39.0 Å². The van der Waals surface area contributed by atoms with Gasteiger partial charge in [0, 0.05) is 32.9 Å². The van der Waals surface area contributed by atoms with Crippen molar-refractivity contribution in [2.24, 2.45) is 0 Å². The third kappa shape index (κ3) is 6.77. The molecule has 1 aromatic heterocycles. The number of hydrogen-bond donors (Lipinski definition) is 0. The van der Waals surface area contributed by atoms with Gasteiger partial charge in [-0.2, -0.15) is 0 Å². The molecule has 162 valence electrons. The maximum absolute atomic E-state index is 13.4. The lowest BCUT2D eigenvalue weighted by atomic mass is 10.2. The Morgan fingerprint density at radius 2 is 1.71 bits per heavy atom. The molecule has 0 atom stereocenters. The zero-order valence-electron chi connectivity index (χ0n) is 17.9. The first-order valence-corrected chi connectivity index (χ1v) is 12.0. The van der Waals surface area contributed by atoms with Gasteiger partial charge in [-0.05, 0) is 49.2 Å². The molecule has 0 aliphatic heterocycles. The number of hydrogen-bond acceptors (Lipinski definition) is 3. The normalized spacial score (nSPS) is 10.7. The van der Waals surface area contributed by atoms with Gasteiger partial charge in [0.15, 0.2) is 0 Å². The van der Waals surface area contributed by atoms with Crippen molar-refractivity contribution in [3.05, 3.63) is 92.1 Å². The molecular weight excluding hydrogens is 472 g/mol. The fraction of sp³-hybridized carbons (Fsp3) is 0.280. The molecule has 6 heteroatoms. The lowest BCUT2D eigenvalue weighted by molar-refractivity contribution is -0.133. The Balaban J connectivity index is 1.79. The molecule has 3 aromatic rings. The van der Waals surface area contributed by atoms with Crippen LogP contribution in [-0.2, 0) is 17.9 Å². The van der Waals surface area contributed by atoms with E-state index in [2.05, 4.69) is 35.0 Å². The number of carbonyl (C=O) groups is 2. The molecule has 0 fully saturated rings. The van der Waals surface area contributed by atoms with E-state index in [-0.39, 0.29) is 18.4 Å². The summed E-state index contributed by atoms with van der Waals surface area (Å²) in [6.45, 7) is 5.74. The van der Waals surface area contributed by atoms with Crippen LogP contribution in [0, 0.1) is 6.92 Å². The summed E-state index contributed by atoms with van der Waals surface area (Å²) in [6, 6.07) is 21.4. The van der Waals surface area contributed by atoms with Gasteiger partial charge in [-0.15, -0.1) is 11.3 Å². The van der Waals surface area contributed by atoms with Crippen molar-refractivity contribution in [3.63, 3.8) is 0 Å². The van der Waals surface area contributed by atoms with E-state index in [1.54, 1.807) is 28.4 Å². The van der Waals surface area contributed by atoms with Crippen molar-refractivity contribution in [2.75, 3.05) is 13.1 Å². The summed E-state index contributed by atoms with van der Waals surface area (Å²) in [5, 5.41) is 0. The number of thiophene rings is 1. The first-order valence-electron chi connectivity index (χ1n) is 10.4. The Hall–Kier alpha value is -2.44. The zero-order chi connectivity index (χ0) is 22.2. The summed E-state index contributed by atoms with van der Waals surface area (Å²) >= 11 is 5.12. The zero-order valence-corrected chi connectivity index (χ0v) is 20.3. The van der Waals surface area contributed by atoms with E-state index in [1.807, 2.05) is 54.3 Å². The Morgan fingerprint density at radius 1 is 0.935 bits per heavy atom. The number of carbonyl (C=O) groups excluding carboxylic acids is 2. The van der Waals surface area contributed by atoms with E-state index in [4.69, 9.17) is 0 Å². The van der Waals surface area contributed by atoms with E-state index < -0.39 is 0 Å². The van der Waals surface area contributed by atoms with Crippen LogP contribution in [0.25, 0.3) is 0 Å². The second kappa shape index (κ2) is 11.3. The molecule has 0 spiro atoms. The Kier molecular flexibility index (Phi) is 8.43. The fourth-order valence-corrected chi connectivity index (χ4v) is 4.69. The topological polar surface area (TPSA) is 40.6 Å². The van der Waals surface area contributed by atoms with Crippen LogP contribution >= 0.6 is 27.3 Å².